The number of para-hydroxylation sites is 1. The molecule has 0 aliphatic heterocycles. The first-order chi connectivity index (χ1) is 13.0. The van der Waals surface area contributed by atoms with Crippen LogP contribution in [-0.2, 0) is 11.3 Å². The van der Waals surface area contributed by atoms with E-state index in [0.717, 1.165) is 35.0 Å². The van der Waals surface area contributed by atoms with Crippen LogP contribution in [0.4, 0.5) is 4.39 Å². The number of halogens is 1. The molecule has 0 aliphatic carbocycles. The number of nitrogens with one attached hydrogen (secondary N) is 1. The Hall–Kier alpha value is -2.62. The van der Waals surface area contributed by atoms with Crippen LogP contribution in [0.1, 0.15) is 50.7 Å². The summed E-state index contributed by atoms with van der Waals surface area (Å²) in [5.74, 6) is -0.478. The minimum atomic E-state index is -0.279. The van der Waals surface area contributed by atoms with Crippen molar-refractivity contribution >= 4 is 16.8 Å². The number of hydrogen-bond donors (Lipinski definition) is 1. The van der Waals surface area contributed by atoms with E-state index in [0.29, 0.717) is 6.42 Å². The highest BCUT2D eigenvalue weighted by Crippen LogP contribution is 2.35. The van der Waals surface area contributed by atoms with Crippen LogP contribution >= 0.6 is 0 Å². The summed E-state index contributed by atoms with van der Waals surface area (Å²) in [5, 5.41) is 4.16. The van der Waals surface area contributed by atoms with Crippen LogP contribution in [0.3, 0.4) is 0 Å². The van der Waals surface area contributed by atoms with E-state index in [1.807, 2.05) is 32.0 Å². The van der Waals surface area contributed by atoms with Gasteiger partial charge in [-0.1, -0.05) is 37.3 Å². The molecule has 0 fully saturated rings. The van der Waals surface area contributed by atoms with E-state index in [-0.39, 0.29) is 23.7 Å². The Morgan fingerprint density at radius 1 is 1.15 bits per heavy atom. The molecular formula is C23H27FN2O. The molecule has 27 heavy (non-hydrogen) atoms. The second-order valence-electron chi connectivity index (χ2n) is 7.08. The summed E-state index contributed by atoms with van der Waals surface area (Å²) in [6, 6.07) is 14.9. The van der Waals surface area contributed by atoms with Gasteiger partial charge in [-0.15, -0.1) is 0 Å². The van der Waals surface area contributed by atoms with Gasteiger partial charge in [-0.25, -0.2) is 4.39 Å². The van der Waals surface area contributed by atoms with Gasteiger partial charge in [0.15, 0.2) is 0 Å². The van der Waals surface area contributed by atoms with Crippen molar-refractivity contribution < 1.29 is 9.18 Å². The van der Waals surface area contributed by atoms with Crippen LogP contribution in [0.5, 0.6) is 0 Å². The Labute approximate surface area is 160 Å². The van der Waals surface area contributed by atoms with Gasteiger partial charge in [0.05, 0.1) is 0 Å². The van der Waals surface area contributed by atoms with Crippen molar-refractivity contribution in [2.24, 2.45) is 0 Å². The third-order valence-electron chi connectivity index (χ3n) is 5.20. The van der Waals surface area contributed by atoms with E-state index in [1.165, 1.54) is 6.07 Å². The summed E-state index contributed by atoms with van der Waals surface area (Å²) in [4.78, 5) is 12.7. The van der Waals surface area contributed by atoms with Gasteiger partial charge < -0.3 is 9.88 Å². The highest BCUT2D eigenvalue weighted by Gasteiger charge is 2.23. The van der Waals surface area contributed by atoms with Gasteiger partial charge in [-0.2, -0.15) is 0 Å². The zero-order valence-corrected chi connectivity index (χ0v) is 16.2. The quantitative estimate of drug-likeness (QED) is 0.610. The lowest BCUT2D eigenvalue weighted by Gasteiger charge is -2.19. The van der Waals surface area contributed by atoms with Gasteiger partial charge in [-0.3, -0.25) is 4.79 Å². The van der Waals surface area contributed by atoms with Gasteiger partial charge in [-0.05, 0) is 49.6 Å². The second-order valence-corrected chi connectivity index (χ2v) is 7.08. The Bertz CT molecular complexity index is 931. The molecule has 3 rings (SSSR count). The predicted octanol–water partition coefficient (Wildman–Crippen LogP) is 5.24. The number of hydrogen-bond acceptors (Lipinski definition) is 1. The number of amides is 1. The van der Waals surface area contributed by atoms with E-state index in [9.17, 15) is 9.18 Å². The van der Waals surface area contributed by atoms with Crippen LogP contribution < -0.4 is 5.32 Å². The summed E-state index contributed by atoms with van der Waals surface area (Å²) >= 11 is 0. The maximum atomic E-state index is 13.9. The first kappa shape index (κ1) is 19.2. The molecule has 0 bridgehead atoms. The van der Waals surface area contributed by atoms with Gasteiger partial charge >= 0.3 is 0 Å². The van der Waals surface area contributed by atoms with E-state index in [1.54, 1.807) is 12.1 Å². The summed E-state index contributed by atoms with van der Waals surface area (Å²) in [7, 11) is 0. The molecule has 1 N–H and O–H groups in total. The van der Waals surface area contributed by atoms with Crippen molar-refractivity contribution in [3.8, 4) is 0 Å². The lowest BCUT2D eigenvalue weighted by molar-refractivity contribution is -0.121. The summed E-state index contributed by atoms with van der Waals surface area (Å²) in [6.45, 7) is 6.99. The molecule has 0 saturated heterocycles. The molecule has 1 heterocycles. The molecule has 142 valence electrons. The van der Waals surface area contributed by atoms with Crippen molar-refractivity contribution in [2.45, 2.75) is 52.1 Å². The number of carbonyl (C=O) groups excluding carboxylic acids is 1. The lowest BCUT2D eigenvalue weighted by Crippen LogP contribution is -2.33. The van der Waals surface area contributed by atoms with E-state index in [2.05, 4.69) is 35.1 Å². The van der Waals surface area contributed by atoms with E-state index >= 15 is 0 Å². The van der Waals surface area contributed by atoms with Crippen LogP contribution in [0, 0.1) is 5.82 Å². The molecule has 4 heteroatoms. The van der Waals surface area contributed by atoms with Gasteiger partial charge in [0.25, 0.3) is 0 Å². The fourth-order valence-electron chi connectivity index (χ4n) is 3.57. The van der Waals surface area contributed by atoms with Crippen molar-refractivity contribution in [3.05, 3.63) is 71.7 Å². The van der Waals surface area contributed by atoms with E-state index < -0.39 is 0 Å². The molecule has 3 aromatic rings. The molecule has 0 saturated carbocycles. The molecular weight excluding hydrogens is 339 g/mol. The van der Waals surface area contributed by atoms with Crippen LogP contribution in [0.15, 0.2) is 54.7 Å². The zero-order chi connectivity index (χ0) is 19.4. The fraction of sp³-hybridized carbons (Fsp3) is 0.348. The van der Waals surface area contributed by atoms with Gasteiger partial charge in [0.2, 0.25) is 5.91 Å². The number of nitrogens with zero attached hydrogens (tertiary/aromatic N) is 1. The monoisotopic (exact) mass is 366 g/mol. The first-order valence-corrected chi connectivity index (χ1v) is 9.66. The number of benzene rings is 2. The lowest BCUT2D eigenvalue weighted by atomic mass is 9.88. The maximum Gasteiger partial charge on any atom is 0.221 e. The summed E-state index contributed by atoms with van der Waals surface area (Å²) < 4.78 is 16.1. The molecule has 1 amide bonds. The minimum Gasteiger partial charge on any atom is -0.354 e. The van der Waals surface area contributed by atoms with Gasteiger partial charge in [0, 0.05) is 42.0 Å². The molecule has 0 unspecified atom stereocenters. The predicted molar refractivity (Wildman–Crippen MR) is 108 cm³/mol. The molecule has 2 atom stereocenters. The zero-order valence-electron chi connectivity index (χ0n) is 16.2. The molecule has 0 spiro atoms. The third kappa shape index (κ3) is 4.21. The molecule has 0 radical (unpaired) electrons. The Kier molecular flexibility index (Phi) is 5.94. The number of aryl methyl sites for hydroxylation is 1. The smallest absolute Gasteiger partial charge is 0.221 e. The van der Waals surface area contributed by atoms with Crippen LogP contribution in [0.25, 0.3) is 10.9 Å². The molecule has 2 aromatic carbocycles. The van der Waals surface area contributed by atoms with Crippen molar-refractivity contribution in [1.29, 1.82) is 0 Å². The number of carbonyl (C=O) groups is 1. The van der Waals surface area contributed by atoms with Crippen LogP contribution in [-0.4, -0.2) is 16.5 Å². The minimum absolute atomic E-state index is 0.00746. The fourth-order valence-corrected chi connectivity index (χ4v) is 3.57. The molecule has 1 aromatic heterocycles. The van der Waals surface area contributed by atoms with E-state index in [4.69, 9.17) is 0 Å². The third-order valence-corrected chi connectivity index (χ3v) is 5.20. The average molecular weight is 366 g/mol. The summed E-state index contributed by atoms with van der Waals surface area (Å²) in [5.41, 5.74) is 3.03. The highest BCUT2D eigenvalue weighted by atomic mass is 19.1. The molecule has 0 aliphatic rings. The number of rotatable bonds is 7. The largest absolute Gasteiger partial charge is 0.354 e. The number of aromatic nitrogens is 1. The van der Waals surface area contributed by atoms with Crippen molar-refractivity contribution in [3.63, 3.8) is 0 Å². The SMILES string of the molecule is CC[C@@H](C)NC(=O)C[C@@H](c1cccc(F)c1)c1cn(CC)c2ccccc12. The second kappa shape index (κ2) is 8.38. The topological polar surface area (TPSA) is 34.0 Å². The average Bonchev–Trinajstić information content (AvgIpc) is 3.04. The Morgan fingerprint density at radius 2 is 1.93 bits per heavy atom. The standard InChI is InChI=1S/C23H27FN2O/c1-4-16(3)25-23(27)14-20(17-9-8-10-18(24)13-17)21-15-26(5-2)22-12-7-6-11-19(21)22/h6-13,15-16,20H,4-5,14H2,1-3H3,(H,25,27)/t16-,20+/m1/s1. The van der Waals surface area contributed by atoms with Crippen LogP contribution in [0.2, 0.25) is 0 Å². The highest BCUT2D eigenvalue weighted by molar-refractivity contribution is 5.86. The summed E-state index contributed by atoms with van der Waals surface area (Å²) in [6.07, 6.45) is 3.29. The van der Waals surface area contributed by atoms with Crippen molar-refractivity contribution in [1.82, 2.24) is 9.88 Å². The Morgan fingerprint density at radius 3 is 2.63 bits per heavy atom. The molecule has 3 nitrogen and oxygen atoms in total. The Balaban J connectivity index is 2.06. The normalized spacial score (nSPS) is 13.5. The number of fused-ring (bicyclic) bond motifs is 1. The van der Waals surface area contributed by atoms with Crippen molar-refractivity contribution in [2.75, 3.05) is 0 Å². The first-order valence-electron chi connectivity index (χ1n) is 9.66. The van der Waals surface area contributed by atoms with Gasteiger partial charge in [0.1, 0.15) is 5.82 Å². The maximum absolute atomic E-state index is 13.9.